The lowest BCUT2D eigenvalue weighted by Gasteiger charge is -2.07. The number of hydrogen-bond donors (Lipinski definition) is 1. The number of benzene rings is 3. The van der Waals surface area contributed by atoms with Crippen molar-refractivity contribution >= 4 is 23.3 Å². The first-order valence-electron chi connectivity index (χ1n) is 8.51. The number of rotatable bonds is 8. The highest BCUT2D eigenvalue weighted by Crippen LogP contribution is 2.28. The van der Waals surface area contributed by atoms with E-state index in [4.69, 9.17) is 4.74 Å². The molecule has 0 saturated carbocycles. The van der Waals surface area contributed by atoms with Gasteiger partial charge in [0.15, 0.2) is 5.75 Å². The average molecular weight is 392 g/mol. The maximum Gasteiger partial charge on any atom is 0.311 e. The van der Waals surface area contributed by atoms with E-state index in [1.54, 1.807) is 6.07 Å². The van der Waals surface area contributed by atoms with Gasteiger partial charge in [-0.05, 0) is 29.8 Å². The molecule has 0 aromatic heterocycles. The van der Waals surface area contributed by atoms with Crippen LogP contribution in [0.3, 0.4) is 0 Å². The first-order chi connectivity index (χ1) is 14.0. The van der Waals surface area contributed by atoms with Gasteiger partial charge in [0.05, 0.1) is 21.7 Å². The summed E-state index contributed by atoms with van der Waals surface area (Å²) in [4.78, 5) is 21.0. The lowest BCUT2D eigenvalue weighted by atomic mass is 10.2. The smallest absolute Gasteiger partial charge is 0.311 e. The zero-order chi connectivity index (χ0) is 20.6. The van der Waals surface area contributed by atoms with Crippen molar-refractivity contribution in [2.24, 2.45) is 5.10 Å². The van der Waals surface area contributed by atoms with E-state index in [-0.39, 0.29) is 23.7 Å². The number of nitrogens with zero attached hydrogens (tertiary/aromatic N) is 3. The standard InChI is InChI=1S/C20H16N4O5/c25-23(26)18-9-7-17(8-10-18)22-21-13-16-6-11-20(19(12-16)24(27)28)29-14-15-4-2-1-3-5-15/h1-13,22H,14H2/b21-13+. The van der Waals surface area contributed by atoms with Crippen LogP contribution < -0.4 is 10.2 Å². The zero-order valence-electron chi connectivity index (χ0n) is 15.1. The summed E-state index contributed by atoms with van der Waals surface area (Å²) in [6.45, 7) is 0.219. The van der Waals surface area contributed by atoms with E-state index < -0.39 is 9.85 Å². The third-order valence-corrected chi connectivity index (χ3v) is 3.90. The van der Waals surface area contributed by atoms with Crippen molar-refractivity contribution in [3.8, 4) is 5.75 Å². The first kappa shape index (κ1) is 19.5. The van der Waals surface area contributed by atoms with Crippen LogP contribution >= 0.6 is 0 Å². The Hall–Kier alpha value is -4.27. The maximum atomic E-state index is 11.4. The number of non-ortho nitro benzene ring substituents is 1. The molecule has 0 spiro atoms. The van der Waals surface area contributed by atoms with E-state index in [2.05, 4.69) is 10.5 Å². The minimum absolute atomic E-state index is 0.0266. The van der Waals surface area contributed by atoms with Crippen LogP contribution in [-0.4, -0.2) is 16.1 Å². The summed E-state index contributed by atoms with van der Waals surface area (Å²) in [6.07, 6.45) is 1.41. The van der Waals surface area contributed by atoms with Gasteiger partial charge < -0.3 is 4.74 Å². The van der Waals surface area contributed by atoms with Crippen LogP contribution in [0.4, 0.5) is 17.1 Å². The summed E-state index contributed by atoms with van der Waals surface area (Å²) in [5.74, 6) is 0.166. The van der Waals surface area contributed by atoms with Crippen LogP contribution in [-0.2, 0) is 6.61 Å². The Bertz CT molecular complexity index is 1040. The summed E-state index contributed by atoms with van der Waals surface area (Å²) in [7, 11) is 0. The van der Waals surface area contributed by atoms with Gasteiger partial charge in [-0.15, -0.1) is 0 Å². The van der Waals surface area contributed by atoms with Gasteiger partial charge in [-0.3, -0.25) is 25.7 Å². The van der Waals surface area contributed by atoms with Gasteiger partial charge in [0.25, 0.3) is 5.69 Å². The molecular formula is C20H16N4O5. The molecule has 0 fully saturated rings. The van der Waals surface area contributed by atoms with Crippen molar-refractivity contribution < 1.29 is 14.6 Å². The van der Waals surface area contributed by atoms with E-state index in [1.807, 2.05) is 30.3 Å². The molecule has 0 bridgehead atoms. The fourth-order valence-electron chi connectivity index (χ4n) is 2.45. The molecule has 0 aliphatic carbocycles. The molecular weight excluding hydrogens is 376 g/mol. The molecule has 9 heteroatoms. The average Bonchev–Trinajstić information content (AvgIpc) is 2.73. The summed E-state index contributed by atoms with van der Waals surface area (Å²) in [5, 5.41) is 26.0. The molecule has 29 heavy (non-hydrogen) atoms. The van der Waals surface area contributed by atoms with Gasteiger partial charge in [0.1, 0.15) is 6.61 Å². The van der Waals surface area contributed by atoms with Crippen molar-refractivity contribution in [3.63, 3.8) is 0 Å². The summed E-state index contributed by atoms with van der Waals surface area (Å²) < 4.78 is 5.59. The number of anilines is 1. The van der Waals surface area contributed by atoms with E-state index in [9.17, 15) is 20.2 Å². The van der Waals surface area contributed by atoms with Gasteiger partial charge in [-0.2, -0.15) is 5.10 Å². The van der Waals surface area contributed by atoms with Crippen LogP contribution in [0.5, 0.6) is 5.75 Å². The normalized spacial score (nSPS) is 10.6. The molecule has 9 nitrogen and oxygen atoms in total. The second-order valence-corrected chi connectivity index (χ2v) is 5.93. The molecule has 0 amide bonds. The van der Waals surface area contributed by atoms with Gasteiger partial charge in [0, 0.05) is 23.8 Å². The molecule has 1 N–H and O–H groups in total. The minimum atomic E-state index is -0.512. The van der Waals surface area contributed by atoms with Crippen LogP contribution in [0.25, 0.3) is 0 Å². The summed E-state index contributed by atoms with van der Waals surface area (Å²) in [5.41, 5.74) is 4.47. The number of nitro benzene ring substituents is 2. The Morgan fingerprint density at radius 3 is 2.31 bits per heavy atom. The lowest BCUT2D eigenvalue weighted by Crippen LogP contribution is -2.00. The Morgan fingerprint density at radius 1 is 0.931 bits per heavy atom. The number of nitrogens with one attached hydrogen (secondary N) is 1. The third-order valence-electron chi connectivity index (χ3n) is 3.90. The topological polar surface area (TPSA) is 120 Å². The maximum absolute atomic E-state index is 11.4. The number of hydrazone groups is 1. The number of ether oxygens (including phenoxy) is 1. The number of nitro groups is 2. The minimum Gasteiger partial charge on any atom is -0.482 e. The van der Waals surface area contributed by atoms with Crippen molar-refractivity contribution in [2.75, 3.05) is 5.43 Å². The van der Waals surface area contributed by atoms with Crippen molar-refractivity contribution in [3.05, 3.63) is 104 Å². The highest BCUT2D eigenvalue weighted by molar-refractivity contribution is 5.82. The molecule has 146 valence electrons. The highest BCUT2D eigenvalue weighted by atomic mass is 16.6. The second kappa shape index (κ2) is 9.09. The van der Waals surface area contributed by atoms with Crippen LogP contribution in [0.2, 0.25) is 0 Å². The molecule has 0 saturated heterocycles. The molecule has 0 radical (unpaired) electrons. The van der Waals surface area contributed by atoms with E-state index >= 15 is 0 Å². The highest BCUT2D eigenvalue weighted by Gasteiger charge is 2.15. The van der Waals surface area contributed by atoms with Crippen LogP contribution in [0.1, 0.15) is 11.1 Å². The Morgan fingerprint density at radius 2 is 1.66 bits per heavy atom. The predicted molar refractivity (Wildman–Crippen MR) is 108 cm³/mol. The van der Waals surface area contributed by atoms with E-state index in [0.29, 0.717) is 11.3 Å². The monoisotopic (exact) mass is 392 g/mol. The largest absolute Gasteiger partial charge is 0.482 e. The molecule has 0 aliphatic heterocycles. The fourth-order valence-corrected chi connectivity index (χ4v) is 2.45. The van der Waals surface area contributed by atoms with E-state index in [0.717, 1.165) is 5.56 Å². The fraction of sp³-hybridized carbons (Fsp3) is 0.0500. The van der Waals surface area contributed by atoms with Crippen LogP contribution in [0.15, 0.2) is 77.9 Å². The van der Waals surface area contributed by atoms with Crippen molar-refractivity contribution in [1.29, 1.82) is 0 Å². The van der Waals surface area contributed by atoms with Gasteiger partial charge in [0.2, 0.25) is 0 Å². The molecule has 0 unspecified atom stereocenters. The third kappa shape index (κ3) is 5.36. The molecule has 0 atom stereocenters. The van der Waals surface area contributed by atoms with Gasteiger partial charge >= 0.3 is 5.69 Å². The van der Waals surface area contributed by atoms with Gasteiger partial charge in [-0.1, -0.05) is 30.3 Å². The SMILES string of the molecule is O=[N+]([O-])c1ccc(N/N=C/c2ccc(OCc3ccccc3)c([N+](=O)[O-])c2)cc1. The van der Waals surface area contributed by atoms with Crippen molar-refractivity contribution in [1.82, 2.24) is 0 Å². The van der Waals surface area contributed by atoms with E-state index in [1.165, 1.54) is 42.6 Å². The first-order valence-corrected chi connectivity index (χ1v) is 8.51. The van der Waals surface area contributed by atoms with Gasteiger partial charge in [-0.25, -0.2) is 0 Å². The Labute approximate surface area is 165 Å². The molecule has 0 heterocycles. The predicted octanol–water partition coefficient (Wildman–Crippen LogP) is 4.53. The number of hydrogen-bond acceptors (Lipinski definition) is 7. The van der Waals surface area contributed by atoms with Crippen LogP contribution in [0, 0.1) is 20.2 Å². The zero-order valence-corrected chi connectivity index (χ0v) is 15.1. The quantitative estimate of drug-likeness (QED) is 0.342. The second-order valence-electron chi connectivity index (χ2n) is 5.93. The summed E-state index contributed by atoms with van der Waals surface area (Å²) >= 11 is 0. The van der Waals surface area contributed by atoms with Crippen molar-refractivity contribution in [2.45, 2.75) is 6.61 Å². The summed E-state index contributed by atoms with van der Waals surface area (Å²) in [6, 6.07) is 19.6. The molecule has 0 aliphatic rings. The Kier molecular flexibility index (Phi) is 6.11. The Balaban J connectivity index is 1.68. The lowest BCUT2D eigenvalue weighted by molar-refractivity contribution is -0.386. The molecule has 3 aromatic carbocycles. The molecule has 3 aromatic rings. The molecule has 3 rings (SSSR count).